The highest BCUT2D eigenvalue weighted by molar-refractivity contribution is 7.89. The number of nitrogens with two attached hydrogens (primary N) is 3. The van der Waals surface area contributed by atoms with E-state index < -0.39 is 10.0 Å². The summed E-state index contributed by atoms with van der Waals surface area (Å²) >= 11 is 0. The van der Waals surface area contributed by atoms with E-state index in [1.165, 1.54) is 6.07 Å². The van der Waals surface area contributed by atoms with Crippen LogP contribution in [0.3, 0.4) is 0 Å². The van der Waals surface area contributed by atoms with Gasteiger partial charge >= 0.3 is 0 Å². The number of nitrogen functional groups attached to an aromatic ring is 2. The van der Waals surface area contributed by atoms with E-state index in [2.05, 4.69) is 20.7 Å². The maximum atomic E-state index is 10.7. The Balaban J connectivity index is 2.63. The second-order valence-corrected chi connectivity index (χ2v) is 4.67. The van der Waals surface area contributed by atoms with E-state index in [-0.39, 0.29) is 18.2 Å². The predicted molar refractivity (Wildman–Crippen MR) is 60.7 cm³/mol. The fourth-order valence-corrected chi connectivity index (χ4v) is 1.34. The SMILES string of the molecule is NNc1cc(NCCS(N)(=O)=O)nc(N)n1. The molecule has 0 spiro atoms. The van der Waals surface area contributed by atoms with Gasteiger partial charge in [0.25, 0.3) is 0 Å². The lowest BCUT2D eigenvalue weighted by atomic mass is 10.5. The van der Waals surface area contributed by atoms with E-state index in [9.17, 15) is 8.42 Å². The van der Waals surface area contributed by atoms with E-state index in [1.54, 1.807) is 0 Å². The van der Waals surface area contributed by atoms with Crippen LogP contribution in [0.4, 0.5) is 17.6 Å². The number of hydrogen-bond acceptors (Lipinski definition) is 8. The third-order valence-corrected chi connectivity index (χ3v) is 2.36. The van der Waals surface area contributed by atoms with E-state index in [0.717, 1.165) is 0 Å². The summed E-state index contributed by atoms with van der Waals surface area (Å²) < 4.78 is 21.3. The van der Waals surface area contributed by atoms with Crippen molar-refractivity contribution < 1.29 is 8.42 Å². The fourth-order valence-electron chi connectivity index (χ4n) is 0.952. The Labute approximate surface area is 92.5 Å². The predicted octanol–water partition coefficient (Wildman–Crippen LogP) is -1.96. The maximum absolute atomic E-state index is 10.7. The average molecular weight is 247 g/mol. The second-order valence-electron chi connectivity index (χ2n) is 2.93. The molecule has 0 aliphatic heterocycles. The first-order chi connectivity index (χ1) is 7.40. The van der Waals surface area contributed by atoms with E-state index in [1.807, 2.05) is 0 Å². The van der Waals surface area contributed by atoms with Gasteiger partial charge in [0.1, 0.15) is 11.6 Å². The molecule has 0 amide bonds. The highest BCUT2D eigenvalue weighted by atomic mass is 32.2. The van der Waals surface area contributed by atoms with Crippen LogP contribution in [-0.2, 0) is 10.0 Å². The van der Waals surface area contributed by atoms with Gasteiger partial charge in [-0.2, -0.15) is 9.97 Å². The zero-order valence-corrected chi connectivity index (χ0v) is 9.16. The van der Waals surface area contributed by atoms with Gasteiger partial charge in [-0.25, -0.2) is 19.4 Å². The summed E-state index contributed by atoms with van der Waals surface area (Å²) in [4.78, 5) is 7.58. The first-order valence-electron chi connectivity index (χ1n) is 4.26. The van der Waals surface area contributed by atoms with Crippen molar-refractivity contribution in [1.29, 1.82) is 0 Å². The highest BCUT2D eigenvalue weighted by Crippen LogP contribution is 2.10. The smallest absolute Gasteiger partial charge is 0.223 e. The van der Waals surface area contributed by atoms with Crippen molar-refractivity contribution in [2.75, 3.05) is 28.8 Å². The molecule has 0 bridgehead atoms. The quantitative estimate of drug-likeness (QED) is 0.296. The van der Waals surface area contributed by atoms with Gasteiger partial charge in [0.15, 0.2) is 0 Å². The minimum Gasteiger partial charge on any atom is -0.369 e. The van der Waals surface area contributed by atoms with Crippen molar-refractivity contribution in [1.82, 2.24) is 9.97 Å². The Hall–Kier alpha value is -1.65. The summed E-state index contributed by atoms with van der Waals surface area (Å²) in [5, 5.41) is 7.56. The number of nitrogens with zero attached hydrogens (tertiary/aromatic N) is 2. The van der Waals surface area contributed by atoms with Crippen LogP contribution in [0.15, 0.2) is 6.07 Å². The van der Waals surface area contributed by atoms with Gasteiger partial charge in [-0.15, -0.1) is 0 Å². The largest absolute Gasteiger partial charge is 0.369 e. The molecular weight excluding hydrogens is 234 g/mol. The van der Waals surface area contributed by atoms with Crippen LogP contribution in [0, 0.1) is 0 Å². The number of hydrazine groups is 1. The fraction of sp³-hybridized carbons (Fsp3) is 0.333. The molecule has 0 aliphatic carbocycles. The van der Waals surface area contributed by atoms with Crippen LogP contribution < -0.4 is 27.5 Å². The van der Waals surface area contributed by atoms with Crippen molar-refractivity contribution in [3.63, 3.8) is 0 Å². The van der Waals surface area contributed by atoms with Crippen molar-refractivity contribution in [2.45, 2.75) is 0 Å². The third kappa shape index (κ3) is 4.25. The van der Waals surface area contributed by atoms with Crippen molar-refractivity contribution in [2.24, 2.45) is 11.0 Å². The Kier molecular flexibility index (Phi) is 3.82. The number of primary sulfonamides is 1. The molecule has 90 valence electrons. The number of rotatable bonds is 5. The molecule has 1 aromatic rings. The zero-order chi connectivity index (χ0) is 12.2. The molecule has 0 saturated heterocycles. The molecule has 0 unspecified atom stereocenters. The number of sulfonamides is 1. The molecule has 8 N–H and O–H groups in total. The summed E-state index contributed by atoms with van der Waals surface area (Å²) in [5.74, 6) is 5.65. The molecule has 1 aromatic heterocycles. The van der Waals surface area contributed by atoms with Gasteiger partial charge in [-0.1, -0.05) is 0 Å². The summed E-state index contributed by atoms with van der Waals surface area (Å²) in [5.41, 5.74) is 7.69. The molecule has 1 rings (SSSR count). The number of hydrogen-bond donors (Lipinski definition) is 5. The Morgan fingerprint density at radius 2 is 1.94 bits per heavy atom. The molecule has 10 heteroatoms. The molecule has 0 aromatic carbocycles. The molecule has 0 saturated carbocycles. The Morgan fingerprint density at radius 3 is 2.50 bits per heavy atom. The summed E-state index contributed by atoms with van der Waals surface area (Å²) in [6.07, 6.45) is 0. The van der Waals surface area contributed by atoms with Crippen molar-refractivity contribution >= 4 is 27.6 Å². The number of aromatic nitrogens is 2. The first-order valence-corrected chi connectivity index (χ1v) is 5.98. The highest BCUT2D eigenvalue weighted by Gasteiger charge is 2.04. The van der Waals surface area contributed by atoms with Crippen LogP contribution in [0.1, 0.15) is 0 Å². The van der Waals surface area contributed by atoms with Crippen LogP contribution in [0.2, 0.25) is 0 Å². The zero-order valence-electron chi connectivity index (χ0n) is 8.34. The van der Waals surface area contributed by atoms with Gasteiger partial charge in [-0.3, -0.25) is 0 Å². The lowest BCUT2D eigenvalue weighted by molar-refractivity contribution is 0.598. The van der Waals surface area contributed by atoms with Crippen molar-refractivity contribution in [3.05, 3.63) is 6.07 Å². The number of nitrogens with one attached hydrogen (secondary N) is 2. The lowest BCUT2D eigenvalue weighted by Crippen LogP contribution is -2.23. The number of anilines is 3. The van der Waals surface area contributed by atoms with E-state index in [4.69, 9.17) is 16.7 Å². The van der Waals surface area contributed by atoms with Crippen LogP contribution in [0.5, 0.6) is 0 Å². The standard InChI is InChI=1S/C6H13N7O2S/c7-6-11-4(3-5(12-6)13-8)10-1-2-16(9,14)15/h3H,1-2,8H2,(H2,9,14,15)(H4,7,10,11,12,13). The minimum absolute atomic E-state index is 0.0218. The van der Waals surface area contributed by atoms with E-state index in [0.29, 0.717) is 11.6 Å². The normalized spacial score (nSPS) is 11.1. The topological polar surface area (TPSA) is 162 Å². The average Bonchev–Trinajstić information content (AvgIpc) is 2.14. The van der Waals surface area contributed by atoms with Gasteiger partial charge in [0.05, 0.1) is 5.75 Å². The lowest BCUT2D eigenvalue weighted by Gasteiger charge is -2.07. The molecule has 0 aliphatic rings. The Bertz CT molecular complexity index is 460. The van der Waals surface area contributed by atoms with Crippen LogP contribution >= 0.6 is 0 Å². The van der Waals surface area contributed by atoms with Crippen LogP contribution in [0.25, 0.3) is 0 Å². The third-order valence-electron chi connectivity index (χ3n) is 1.58. The van der Waals surface area contributed by atoms with E-state index >= 15 is 0 Å². The summed E-state index contributed by atoms with van der Waals surface area (Å²) in [7, 11) is -3.50. The van der Waals surface area contributed by atoms with Gasteiger partial charge in [0, 0.05) is 12.6 Å². The second kappa shape index (κ2) is 4.92. The minimum atomic E-state index is -3.50. The molecule has 9 nitrogen and oxygen atoms in total. The molecular formula is C6H13N7O2S. The Morgan fingerprint density at radius 1 is 1.31 bits per heavy atom. The monoisotopic (exact) mass is 247 g/mol. The molecule has 0 radical (unpaired) electrons. The van der Waals surface area contributed by atoms with Crippen molar-refractivity contribution in [3.8, 4) is 0 Å². The molecule has 0 atom stereocenters. The maximum Gasteiger partial charge on any atom is 0.223 e. The molecule has 16 heavy (non-hydrogen) atoms. The summed E-state index contributed by atoms with van der Waals surface area (Å²) in [6.45, 7) is 0.124. The first kappa shape index (κ1) is 12.4. The van der Waals surface area contributed by atoms with Gasteiger partial charge in [-0.05, 0) is 0 Å². The molecule has 0 fully saturated rings. The summed E-state index contributed by atoms with van der Waals surface area (Å²) in [6, 6.07) is 1.49. The van der Waals surface area contributed by atoms with Gasteiger partial charge < -0.3 is 16.5 Å². The molecule has 1 heterocycles. The van der Waals surface area contributed by atoms with Crippen LogP contribution in [-0.4, -0.2) is 30.7 Å². The van der Waals surface area contributed by atoms with Gasteiger partial charge in [0.2, 0.25) is 16.0 Å².